The summed E-state index contributed by atoms with van der Waals surface area (Å²) < 4.78 is 3.17. The maximum absolute atomic E-state index is 12.5. The van der Waals surface area contributed by atoms with Gasteiger partial charge < -0.3 is 5.11 Å². The number of thiocarbonyl (C=S) groups is 1. The highest BCUT2D eigenvalue weighted by atomic mass is 79.9. The van der Waals surface area contributed by atoms with Gasteiger partial charge in [-0.1, -0.05) is 39.9 Å². The number of carboxylic acid groups (broad SMARTS) is 1. The van der Waals surface area contributed by atoms with Crippen LogP contribution in [0.4, 0.5) is 0 Å². The summed E-state index contributed by atoms with van der Waals surface area (Å²) in [4.78, 5) is 25.1. The molecule has 6 nitrogen and oxygen atoms in total. The Balaban J connectivity index is 1.72. The molecule has 1 aliphatic heterocycles. The van der Waals surface area contributed by atoms with E-state index in [1.165, 1.54) is 16.7 Å². The second kappa shape index (κ2) is 8.15. The van der Waals surface area contributed by atoms with Gasteiger partial charge in [0, 0.05) is 29.2 Å². The quantitative estimate of drug-likeness (QED) is 0.532. The maximum Gasteiger partial charge on any atom is 0.303 e. The van der Waals surface area contributed by atoms with Crippen LogP contribution in [-0.4, -0.2) is 42.5 Å². The highest BCUT2D eigenvalue weighted by Gasteiger charge is 2.31. The highest BCUT2D eigenvalue weighted by molar-refractivity contribution is 9.10. The number of carbonyl (C=O) groups is 2. The number of carbonyl (C=O) groups excluding carboxylic acids is 1. The van der Waals surface area contributed by atoms with E-state index in [1.54, 1.807) is 17.0 Å². The zero-order valence-corrected chi connectivity index (χ0v) is 16.7. The number of thioether (sulfide) groups is 1. The van der Waals surface area contributed by atoms with Gasteiger partial charge in [0.25, 0.3) is 5.91 Å². The van der Waals surface area contributed by atoms with E-state index in [4.69, 9.17) is 17.3 Å². The number of halogens is 1. The van der Waals surface area contributed by atoms with Crippen molar-refractivity contribution in [3.8, 4) is 5.69 Å². The molecular formula is C17H14BrN3O3S2. The molecule has 2 aromatic rings. The van der Waals surface area contributed by atoms with Crippen LogP contribution in [0.25, 0.3) is 11.8 Å². The average Bonchev–Trinajstić information content (AvgIpc) is 3.15. The molecule has 26 heavy (non-hydrogen) atoms. The summed E-state index contributed by atoms with van der Waals surface area (Å²) in [5, 5.41) is 13.0. The first-order valence-electron chi connectivity index (χ1n) is 7.72. The van der Waals surface area contributed by atoms with Crippen molar-refractivity contribution in [2.24, 2.45) is 0 Å². The summed E-state index contributed by atoms with van der Waals surface area (Å²) in [6.45, 7) is 0.312. The Kier molecular flexibility index (Phi) is 5.90. The van der Waals surface area contributed by atoms with Crippen LogP contribution in [0.3, 0.4) is 0 Å². The number of carboxylic acids is 1. The first-order chi connectivity index (χ1) is 12.4. The molecule has 0 atom stereocenters. The largest absolute Gasteiger partial charge is 0.481 e. The lowest BCUT2D eigenvalue weighted by molar-refractivity contribution is -0.137. The smallest absolute Gasteiger partial charge is 0.303 e. The second-order valence-electron chi connectivity index (χ2n) is 5.53. The summed E-state index contributed by atoms with van der Waals surface area (Å²) >= 11 is 9.86. The predicted octanol–water partition coefficient (Wildman–Crippen LogP) is 3.70. The van der Waals surface area contributed by atoms with Crippen molar-refractivity contribution in [2.75, 3.05) is 6.54 Å². The fraction of sp³-hybridized carbons (Fsp3) is 0.176. The van der Waals surface area contributed by atoms with Gasteiger partial charge in [-0.15, -0.1) is 0 Å². The lowest BCUT2D eigenvalue weighted by Gasteiger charge is -2.13. The van der Waals surface area contributed by atoms with Crippen LogP contribution < -0.4 is 0 Å². The Morgan fingerprint density at radius 1 is 1.35 bits per heavy atom. The van der Waals surface area contributed by atoms with Crippen molar-refractivity contribution in [2.45, 2.75) is 12.8 Å². The molecule has 3 rings (SSSR count). The van der Waals surface area contributed by atoms with Crippen molar-refractivity contribution in [3.05, 3.63) is 51.6 Å². The molecular weight excluding hydrogens is 438 g/mol. The number of aliphatic carboxylic acids is 1. The van der Waals surface area contributed by atoms with E-state index >= 15 is 0 Å². The van der Waals surface area contributed by atoms with Crippen molar-refractivity contribution in [1.82, 2.24) is 14.7 Å². The van der Waals surface area contributed by atoms with Gasteiger partial charge in [-0.25, -0.2) is 4.68 Å². The lowest BCUT2D eigenvalue weighted by atomic mass is 10.2. The first kappa shape index (κ1) is 18.8. The molecule has 0 radical (unpaired) electrons. The van der Waals surface area contributed by atoms with E-state index in [1.807, 2.05) is 30.5 Å². The second-order valence-corrected chi connectivity index (χ2v) is 8.12. The van der Waals surface area contributed by atoms with Crippen LogP contribution in [0.2, 0.25) is 0 Å². The molecule has 1 amide bonds. The molecule has 1 aromatic heterocycles. The summed E-state index contributed by atoms with van der Waals surface area (Å²) in [5.41, 5.74) is 1.70. The van der Waals surface area contributed by atoms with Crippen LogP contribution in [0.5, 0.6) is 0 Å². The van der Waals surface area contributed by atoms with Gasteiger partial charge in [0.2, 0.25) is 0 Å². The Bertz CT molecular complexity index is 893. The third-order valence-electron chi connectivity index (χ3n) is 3.64. The summed E-state index contributed by atoms with van der Waals surface area (Å²) in [6, 6.07) is 7.73. The van der Waals surface area contributed by atoms with E-state index in [9.17, 15) is 9.59 Å². The van der Waals surface area contributed by atoms with Crippen molar-refractivity contribution < 1.29 is 14.7 Å². The number of benzene rings is 1. The fourth-order valence-corrected chi connectivity index (χ4v) is 3.95. The highest BCUT2D eigenvalue weighted by Crippen LogP contribution is 2.32. The molecule has 1 fully saturated rings. The molecule has 2 heterocycles. The van der Waals surface area contributed by atoms with Crippen LogP contribution in [0.1, 0.15) is 18.4 Å². The van der Waals surface area contributed by atoms with E-state index in [2.05, 4.69) is 21.0 Å². The minimum atomic E-state index is -0.883. The number of hydrogen-bond acceptors (Lipinski definition) is 5. The van der Waals surface area contributed by atoms with Crippen LogP contribution >= 0.6 is 39.9 Å². The molecule has 1 saturated heterocycles. The average molecular weight is 452 g/mol. The van der Waals surface area contributed by atoms with Gasteiger partial charge in [0.15, 0.2) is 0 Å². The lowest BCUT2D eigenvalue weighted by Crippen LogP contribution is -2.29. The predicted molar refractivity (Wildman–Crippen MR) is 108 cm³/mol. The monoisotopic (exact) mass is 451 g/mol. The molecule has 1 aromatic carbocycles. The van der Waals surface area contributed by atoms with Crippen molar-refractivity contribution >= 4 is 62.2 Å². The van der Waals surface area contributed by atoms with E-state index < -0.39 is 5.97 Å². The van der Waals surface area contributed by atoms with Crippen LogP contribution in [0.15, 0.2) is 46.0 Å². The van der Waals surface area contributed by atoms with E-state index in [0.717, 1.165) is 15.7 Å². The van der Waals surface area contributed by atoms with Gasteiger partial charge in [-0.2, -0.15) is 5.10 Å². The zero-order valence-electron chi connectivity index (χ0n) is 13.5. The maximum atomic E-state index is 12.5. The minimum Gasteiger partial charge on any atom is -0.481 e. The standard InChI is InChI=1S/C17H14BrN3O3S2/c18-12-3-5-13(6-4-12)21-10-11(9-19-21)8-14-16(24)20(17(25)26-14)7-1-2-15(22)23/h3-6,8-10H,1-2,7H2,(H,22,23). The molecule has 0 saturated carbocycles. The molecule has 1 N–H and O–H groups in total. The molecule has 134 valence electrons. The van der Waals surface area contributed by atoms with Gasteiger partial charge in [-0.3, -0.25) is 14.5 Å². The van der Waals surface area contributed by atoms with Gasteiger partial charge in [-0.05, 0) is 36.8 Å². The van der Waals surface area contributed by atoms with E-state index in [-0.39, 0.29) is 12.3 Å². The molecule has 0 unspecified atom stereocenters. The third kappa shape index (κ3) is 4.40. The molecule has 1 aliphatic rings. The Labute approximate surface area is 168 Å². The zero-order chi connectivity index (χ0) is 18.7. The van der Waals surface area contributed by atoms with Crippen LogP contribution in [0, 0.1) is 0 Å². The van der Waals surface area contributed by atoms with Crippen LogP contribution in [-0.2, 0) is 9.59 Å². The number of rotatable bonds is 6. The summed E-state index contributed by atoms with van der Waals surface area (Å²) in [5.74, 6) is -1.08. The van der Waals surface area contributed by atoms with Crippen molar-refractivity contribution in [3.63, 3.8) is 0 Å². The number of nitrogens with zero attached hydrogens (tertiary/aromatic N) is 3. The number of amides is 1. The Hall–Kier alpha value is -1.97. The molecule has 9 heteroatoms. The Morgan fingerprint density at radius 2 is 2.08 bits per heavy atom. The molecule has 0 aliphatic carbocycles. The molecule has 0 bridgehead atoms. The van der Waals surface area contributed by atoms with Gasteiger partial charge in [0.05, 0.1) is 16.8 Å². The van der Waals surface area contributed by atoms with Gasteiger partial charge >= 0.3 is 5.97 Å². The van der Waals surface area contributed by atoms with Crippen molar-refractivity contribution in [1.29, 1.82) is 0 Å². The Morgan fingerprint density at radius 3 is 2.77 bits per heavy atom. The third-order valence-corrected chi connectivity index (χ3v) is 5.54. The normalized spacial score (nSPS) is 15.9. The SMILES string of the molecule is O=C(O)CCCN1C(=O)C(=Cc2cnn(-c3ccc(Br)cc3)c2)SC1=S. The fourth-order valence-electron chi connectivity index (χ4n) is 2.38. The number of hydrogen-bond donors (Lipinski definition) is 1. The first-order valence-corrected chi connectivity index (χ1v) is 9.73. The minimum absolute atomic E-state index is 0.00999. The summed E-state index contributed by atoms with van der Waals surface area (Å²) in [7, 11) is 0. The topological polar surface area (TPSA) is 75.4 Å². The number of aromatic nitrogens is 2. The summed E-state index contributed by atoms with van der Waals surface area (Å²) in [6.07, 6.45) is 5.64. The molecule has 0 spiro atoms. The van der Waals surface area contributed by atoms with Gasteiger partial charge in [0.1, 0.15) is 4.32 Å². The van der Waals surface area contributed by atoms with E-state index in [0.29, 0.717) is 22.2 Å².